The van der Waals surface area contributed by atoms with Gasteiger partial charge in [-0.25, -0.2) is 13.8 Å². The number of aromatic nitrogens is 2. The maximum Gasteiger partial charge on any atom is 0.323 e. The fourth-order valence-corrected chi connectivity index (χ4v) is 3.11. The summed E-state index contributed by atoms with van der Waals surface area (Å²) in [6.07, 6.45) is 5.19. The molecule has 1 saturated carbocycles. The third-order valence-corrected chi connectivity index (χ3v) is 4.08. The van der Waals surface area contributed by atoms with Gasteiger partial charge in [0.2, 0.25) is 0 Å². The first-order valence-corrected chi connectivity index (χ1v) is 7.13. The number of halogens is 2. The summed E-state index contributed by atoms with van der Waals surface area (Å²) in [4.78, 5) is 15.5. The second kappa shape index (κ2) is 5.42. The van der Waals surface area contributed by atoms with Crippen LogP contribution in [-0.4, -0.2) is 20.6 Å². The number of carbonyl (C=O) groups is 1. The Hall–Kier alpha value is -1.98. The lowest BCUT2D eigenvalue weighted by Gasteiger charge is -2.21. The first-order chi connectivity index (χ1) is 10.1. The highest BCUT2D eigenvalue weighted by molar-refractivity contribution is 5.78. The fourth-order valence-electron chi connectivity index (χ4n) is 3.11. The third kappa shape index (κ3) is 2.62. The quantitative estimate of drug-likeness (QED) is 0.943. The second-order valence-corrected chi connectivity index (χ2v) is 5.54. The molecule has 1 heterocycles. The highest BCUT2D eigenvalue weighted by Crippen LogP contribution is 2.34. The molecule has 0 amide bonds. The van der Waals surface area contributed by atoms with Crippen LogP contribution in [0.15, 0.2) is 12.1 Å². The van der Waals surface area contributed by atoms with Crippen LogP contribution in [0.2, 0.25) is 0 Å². The molecule has 21 heavy (non-hydrogen) atoms. The molecule has 1 fully saturated rings. The molecule has 6 heteroatoms. The number of aliphatic carboxylic acids is 1. The molecule has 0 atom stereocenters. The van der Waals surface area contributed by atoms with Crippen molar-refractivity contribution in [1.29, 1.82) is 0 Å². The zero-order valence-corrected chi connectivity index (χ0v) is 11.5. The van der Waals surface area contributed by atoms with E-state index in [0.29, 0.717) is 16.9 Å². The molecule has 0 unspecified atom stereocenters. The number of nitrogens with zero attached hydrogens (tertiary/aromatic N) is 2. The summed E-state index contributed by atoms with van der Waals surface area (Å²) in [5.41, 5.74) is 0.660. The summed E-state index contributed by atoms with van der Waals surface area (Å²) in [5, 5.41) is 9.08. The van der Waals surface area contributed by atoms with E-state index in [-0.39, 0.29) is 12.5 Å². The van der Waals surface area contributed by atoms with Crippen molar-refractivity contribution in [3.8, 4) is 0 Å². The lowest BCUT2D eigenvalue weighted by molar-refractivity contribution is -0.137. The van der Waals surface area contributed by atoms with Crippen molar-refractivity contribution in [3.63, 3.8) is 0 Å². The molecule has 0 spiro atoms. The Balaban J connectivity index is 2.14. The van der Waals surface area contributed by atoms with Gasteiger partial charge in [0.05, 0.1) is 11.0 Å². The van der Waals surface area contributed by atoms with Gasteiger partial charge < -0.3 is 9.67 Å². The predicted molar refractivity (Wildman–Crippen MR) is 73.1 cm³/mol. The van der Waals surface area contributed by atoms with Crippen molar-refractivity contribution in [2.24, 2.45) is 0 Å². The summed E-state index contributed by atoms with van der Waals surface area (Å²) < 4.78 is 28.3. The van der Waals surface area contributed by atoms with Crippen molar-refractivity contribution in [3.05, 3.63) is 29.6 Å². The van der Waals surface area contributed by atoms with Gasteiger partial charge >= 0.3 is 5.97 Å². The van der Waals surface area contributed by atoms with E-state index in [1.54, 1.807) is 0 Å². The molecular weight excluding hydrogens is 278 g/mol. The van der Waals surface area contributed by atoms with Crippen LogP contribution in [0.1, 0.15) is 43.8 Å². The van der Waals surface area contributed by atoms with E-state index in [9.17, 15) is 13.6 Å². The molecule has 0 aliphatic heterocycles. The van der Waals surface area contributed by atoms with Crippen molar-refractivity contribution in [2.45, 2.75) is 44.6 Å². The van der Waals surface area contributed by atoms with E-state index in [1.165, 1.54) is 11.0 Å². The molecule has 2 aromatic rings. The number of benzene rings is 1. The van der Waals surface area contributed by atoms with Gasteiger partial charge in [-0.2, -0.15) is 0 Å². The molecule has 1 aliphatic rings. The molecule has 0 saturated heterocycles. The van der Waals surface area contributed by atoms with E-state index < -0.39 is 17.6 Å². The number of carboxylic acid groups (broad SMARTS) is 1. The van der Waals surface area contributed by atoms with Gasteiger partial charge in [-0.15, -0.1) is 0 Å². The van der Waals surface area contributed by atoms with E-state index in [4.69, 9.17) is 5.11 Å². The van der Waals surface area contributed by atoms with Crippen LogP contribution in [0, 0.1) is 11.6 Å². The van der Waals surface area contributed by atoms with Crippen molar-refractivity contribution in [2.75, 3.05) is 0 Å². The minimum Gasteiger partial charge on any atom is -0.480 e. The average Bonchev–Trinajstić information content (AvgIpc) is 2.78. The number of hydrogen-bond donors (Lipinski definition) is 1. The van der Waals surface area contributed by atoms with Gasteiger partial charge in [-0.05, 0) is 12.8 Å². The average molecular weight is 294 g/mol. The number of fused-ring (bicyclic) bond motifs is 1. The summed E-state index contributed by atoms with van der Waals surface area (Å²) in [5.74, 6) is -2.16. The SMILES string of the molecule is O=C(O)Cn1c(C2CCCCC2)nc2cc(F)c(F)cc21. The summed E-state index contributed by atoms with van der Waals surface area (Å²) >= 11 is 0. The lowest BCUT2D eigenvalue weighted by Crippen LogP contribution is -2.16. The first-order valence-electron chi connectivity index (χ1n) is 7.13. The molecule has 1 aromatic carbocycles. The highest BCUT2D eigenvalue weighted by Gasteiger charge is 2.24. The maximum absolute atomic E-state index is 13.5. The molecule has 112 valence electrons. The van der Waals surface area contributed by atoms with Gasteiger partial charge in [-0.1, -0.05) is 19.3 Å². The minimum atomic E-state index is -1.02. The van der Waals surface area contributed by atoms with Gasteiger partial charge in [0.1, 0.15) is 12.4 Å². The Kier molecular flexibility index (Phi) is 3.61. The third-order valence-electron chi connectivity index (χ3n) is 4.08. The largest absolute Gasteiger partial charge is 0.480 e. The van der Waals surface area contributed by atoms with E-state index in [2.05, 4.69) is 4.98 Å². The van der Waals surface area contributed by atoms with Crippen LogP contribution in [0.25, 0.3) is 11.0 Å². The zero-order valence-electron chi connectivity index (χ0n) is 11.5. The Morgan fingerprint density at radius 1 is 1.24 bits per heavy atom. The van der Waals surface area contributed by atoms with Crippen LogP contribution >= 0.6 is 0 Å². The first kappa shape index (κ1) is 14.0. The zero-order chi connectivity index (χ0) is 15.0. The molecule has 4 nitrogen and oxygen atoms in total. The fraction of sp³-hybridized carbons (Fsp3) is 0.467. The van der Waals surface area contributed by atoms with Gasteiger partial charge in [0.15, 0.2) is 11.6 Å². The van der Waals surface area contributed by atoms with Crippen molar-refractivity contribution >= 4 is 17.0 Å². The van der Waals surface area contributed by atoms with Crippen LogP contribution in [0.5, 0.6) is 0 Å². The number of carboxylic acids is 1. The van der Waals surface area contributed by atoms with Crippen LogP contribution in [0.4, 0.5) is 8.78 Å². The number of imidazole rings is 1. The van der Waals surface area contributed by atoms with Crippen LogP contribution in [0.3, 0.4) is 0 Å². The van der Waals surface area contributed by atoms with Gasteiger partial charge in [0.25, 0.3) is 0 Å². The van der Waals surface area contributed by atoms with Crippen molar-refractivity contribution in [1.82, 2.24) is 9.55 Å². The molecule has 1 aromatic heterocycles. The van der Waals surface area contributed by atoms with E-state index in [1.807, 2.05) is 0 Å². The molecule has 0 radical (unpaired) electrons. The van der Waals surface area contributed by atoms with Crippen LogP contribution < -0.4 is 0 Å². The molecule has 3 rings (SSSR count). The maximum atomic E-state index is 13.5. The highest BCUT2D eigenvalue weighted by atomic mass is 19.2. The number of hydrogen-bond acceptors (Lipinski definition) is 2. The van der Waals surface area contributed by atoms with Crippen molar-refractivity contribution < 1.29 is 18.7 Å². The molecule has 0 bridgehead atoms. The Morgan fingerprint density at radius 2 is 1.90 bits per heavy atom. The van der Waals surface area contributed by atoms with E-state index >= 15 is 0 Å². The monoisotopic (exact) mass is 294 g/mol. The second-order valence-electron chi connectivity index (χ2n) is 5.54. The molecule has 1 N–H and O–H groups in total. The lowest BCUT2D eigenvalue weighted by atomic mass is 9.88. The standard InChI is InChI=1S/C15H16F2N2O2/c16-10-6-12-13(7-11(10)17)19(8-14(20)21)15(18-12)9-4-2-1-3-5-9/h6-7,9H,1-5,8H2,(H,20,21). The minimum absolute atomic E-state index is 0.164. The smallest absolute Gasteiger partial charge is 0.323 e. The topological polar surface area (TPSA) is 55.1 Å². The Morgan fingerprint density at radius 3 is 2.57 bits per heavy atom. The Labute approximate surface area is 120 Å². The summed E-state index contributed by atoms with van der Waals surface area (Å²) in [6, 6.07) is 2.07. The van der Waals surface area contributed by atoms with Gasteiger partial charge in [0, 0.05) is 18.1 Å². The number of rotatable bonds is 3. The molecular formula is C15H16F2N2O2. The van der Waals surface area contributed by atoms with E-state index in [0.717, 1.165) is 37.8 Å². The predicted octanol–water partition coefficient (Wildman–Crippen LogP) is 3.45. The summed E-state index contributed by atoms with van der Waals surface area (Å²) in [7, 11) is 0. The Bertz CT molecular complexity index is 691. The molecule has 1 aliphatic carbocycles. The van der Waals surface area contributed by atoms with Crippen LogP contribution in [-0.2, 0) is 11.3 Å². The normalized spacial score (nSPS) is 16.5. The summed E-state index contributed by atoms with van der Waals surface area (Å²) in [6.45, 7) is -0.284. The van der Waals surface area contributed by atoms with Gasteiger partial charge in [-0.3, -0.25) is 4.79 Å².